The summed E-state index contributed by atoms with van der Waals surface area (Å²) in [5, 5.41) is 10.6. The third-order valence-corrected chi connectivity index (χ3v) is 3.93. The molecule has 1 aromatic heterocycles. The van der Waals surface area contributed by atoms with E-state index in [4.69, 9.17) is 4.74 Å². The fourth-order valence-corrected chi connectivity index (χ4v) is 2.84. The molecule has 0 amide bonds. The van der Waals surface area contributed by atoms with Gasteiger partial charge in [0.15, 0.2) is 5.82 Å². The summed E-state index contributed by atoms with van der Waals surface area (Å²) >= 11 is 0. The zero-order valence-corrected chi connectivity index (χ0v) is 13.1. The predicted octanol–water partition coefficient (Wildman–Crippen LogP) is 2.20. The third kappa shape index (κ3) is 4.09. The Morgan fingerprint density at radius 1 is 1.25 bits per heavy atom. The van der Waals surface area contributed by atoms with Crippen LogP contribution in [-0.2, 0) is 17.8 Å². The molecule has 0 aliphatic carbocycles. The number of ether oxygens (including phenoxy) is 1. The molecular weight excluding hydrogens is 323 g/mol. The summed E-state index contributed by atoms with van der Waals surface area (Å²) in [6, 6.07) is 9.70. The van der Waals surface area contributed by atoms with E-state index in [1.807, 2.05) is 37.3 Å². The van der Waals surface area contributed by atoms with Gasteiger partial charge >= 0.3 is 6.18 Å². The largest absolute Gasteiger partial charge is 0.408 e. The Hall–Kier alpha value is -2.00. The number of benzene rings is 1. The van der Waals surface area contributed by atoms with Crippen molar-refractivity contribution in [2.45, 2.75) is 38.3 Å². The molecule has 3 rings (SSSR count). The minimum absolute atomic E-state index is 0.00286. The maximum absolute atomic E-state index is 12.6. The fraction of sp³-hybridized carbons (Fsp3) is 0.533. The number of hydrogen-bond donors (Lipinski definition) is 0. The molecule has 24 heavy (non-hydrogen) atoms. The Bertz CT molecular complexity index is 661. The number of alkyl halides is 3. The van der Waals surface area contributed by atoms with Crippen molar-refractivity contribution in [3.05, 3.63) is 41.7 Å². The zero-order chi connectivity index (χ0) is 17.2. The summed E-state index contributed by atoms with van der Waals surface area (Å²) in [7, 11) is 0. The van der Waals surface area contributed by atoms with Crippen LogP contribution in [0.15, 0.2) is 30.3 Å². The van der Waals surface area contributed by atoms with E-state index in [9.17, 15) is 13.2 Å². The minimum atomic E-state index is -4.36. The first-order valence-corrected chi connectivity index (χ1v) is 7.65. The Morgan fingerprint density at radius 3 is 2.71 bits per heavy atom. The van der Waals surface area contributed by atoms with Crippen LogP contribution in [0.3, 0.4) is 0 Å². The van der Waals surface area contributed by atoms with Gasteiger partial charge in [0, 0.05) is 6.54 Å². The van der Waals surface area contributed by atoms with Crippen LogP contribution in [0.4, 0.5) is 13.2 Å². The average Bonchev–Trinajstić information content (AvgIpc) is 2.93. The molecule has 2 unspecified atom stereocenters. The third-order valence-electron chi connectivity index (χ3n) is 3.93. The molecule has 0 N–H and O–H groups in total. The Morgan fingerprint density at radius 2 is 2.00 bits per heavy atom. The number of tetrazole rings is 1. The summed E-state index contributed by atoms with van der Waals surface area (Å²) < 4.78 is 44.4. The van der Waals surface area contributed by atoms with Crippen LogP contribution in [0.5, 0.6) is 0 Å². The second-order valence-corrected chi connectivity index (χ2v) is 5.87. The predicted molar refractivity (Wildman–Crippen MR) is 78.9 cm³/mol. The number of hydrogen-bond acceptors (Lipinski definition) is 5. The molecule has 0 spiro atoms. The van der Waals surface area contributed by atoms with E-state index in [1.165, 1.54) is 0 Å². The molecule has 2 heterocycles. The number of nitrogens with zero attached hydrogens (tertiary/aromatic N) is 5. The highest BCUT2D eigenvalue weighted by Gasteiger charge is 2.33. The normalized spacial score (nSPS) is 22.7. The molecule has 2 atom stereocenters. The standard InChI is InChI=1S/C15H18F3N5O/c1-11-7-22(13(9-24-11)12-5-3-2-4-6-12)8-14-19-20-21-23(14)10-15(16,17)18/h2-6,11,13H,7-10H2,1H3. The maximum Gasteiger partial charge on any atom is 0.408 e. The molecule has 1 fully saturated rings. The molecule has 6 nitrogen and oxygen atoms in total. The Balaban J connectivity index is 1.80. The highest BCUT2D eigenvalue weighted by molar-refractivity contribution is 5.19. The molecule has 1 saturated heterocycles. The highest BCUT2D eigenvalue weighted by atomic mass is 19.4. The second-order valence-electron chi connectivity index (χ2n) is 5.87. The van der Waals surface area contributed by atoms with Gasteiger partial charge in [-0.3, -0.25) is 4.90 Å². The summed E-state index contributed by atoms with van der Waals surface area (Å²) in [4.78, 5) is 2.06. The molecule has 0 bridgehead atoms. The van der Waals surface area contributed by atoms with E-state index in [2.05, 4.69) is 20.4 Å². The van der Waals surface area contributed by atoms with Gasteiger partial charge in [0.2, 0.25) is 0 Å². The molecule has 2 aromatic rings. The first kappa shape index (κ1) is 16.8. The number of rotatable bonds is 4. The van der Waals surface area contributed by atoms with E-state index in [1.54, 1.807) is 0 Å². The van der Waals surface area contributed by atoms with Crippen molar-refractivity contribution in [3.8, 4) is 0 Å². The second kappa shape index (κ2) is 6.86. The van der Waals surface area contributed by atoms with Crippen molar-refractivity contribution in [1.82, 2.24) is 25.1 Å². The van der Waals surface area contributed by atoms with Gasteiger partial charge in [-0.05, 0) is 22.9 Å². The van der Waals surface area contributed by atoms with E-state index in [-0.39, 0.29) is 24.5 Å². The lowest BCUT2D eigenvalue weighted by molar-refractivity contribution is -0.143. The van der Waals surface area contributed by atoms with Crippen molar-refractivity contribution in [1.29, 1.82) is 0 Å². The van der Waals surface area contributed by atoms with Crippen molar-refractivity contribution >= 4 is 0 Å². The molecule has 1 aliphatic heterocycles. The molecular formula is C15H18F3N5O. The van der Waals surface area contributed by atoms with Gasteiger partial charge in [0.25, 0.3) is 0 Å². The van der Waals surface area contributed by atoms with E-state index in [0.29, 0.717) is 13.2 Å². The molecule has 1 aliphatic rings. The molecule has 1 aromatic carbocycles. The van der Waals surface area contributed by atoms with E-state index >= 15 is 0 Å². The van der Waals surface area contributed by atoms with Gasteiger partial charge in [-0.1, -0.05) is 30.3 Å². The quantitative estimate of drug-likeness (QED) is 0.853. The van der Waals surface area contributed by atoms with Crippen molar-refractivity contribution in [2.75, 3.05) is 13.2 Å². The average molecular weight is 341 g/mol. The summed E-state index contributed by atoms with van der Waals surface area (Å²) in [6.45, 7) is 2.05. The van der Waals surface area contributed by atoms with Crippen LogP contribution < -0.4 is 0 Å². The first-order chi connectivity index (χ1) is 11.4. The fourth-order valence-electron chi connectivity index (χ4n) is 2.84. The summed E-state index contributed by atoms with van der Waals surface area (Å²) in [6.07, 6.45) is -4.36. The highest BCUT2D eigenvalue weighted by Crippen LogP contribution is 2.27. The lowest BCUT2D eigenvalue weighted by atomic mass is 10.0. The lowest BCUT2D eigenvalue weighted by Crippen LogP contribution is -2.43. The van der Waals surface area contributed by atoms with Gasteiger partial charge in [-0.2, -0.15) is 13.2 Å². The number of halogens is 3. The topological polar surface area (TPSA) is 56.1 Å². The van der Waals surface area contributed by atoms with E-state index in [0.717, 1.165) is 10.2 Å². The van der Waals surface area contributed by atoms with Crippen molar-refractivity contribution < 1.29 is 17.9 Å². The van der Waals surface area contributed by atoms with Crippen LogP contribution in [0.2, 0.25) is 0 Å². The first-order valence-electron chi connectivity index (χ1n) is 7.65. The van der Waals surface area contributed by atoms with Gasteiger partial charge in [-0.15, -0.1) is 5.10 Å². The van der Waals surface area contributed by atoms with Crippen LogP contribution in [0.1, 0.15) is 24.4 Å². The van der Waals surface area contributed by atoms with Crippen molar-refractivity contribution in [2.24, 2.45) is 0 Å². The zero-order valence-electron chi connectivity index (χ0n) is 13.1. The Labute approximate surface area is 137 Å². The van der Waals surface area contributed by atoms with Crippen molar-refractivity contribution in [3.63, 3.8) is 0 Å². The SMILES string of the molecule is CC1CN(Cc2nnnn2CC(F)(F)F)C(c2ccccc2)CO1. The van der Waals surface area contributed by atoms with Crippen LogP contribution in [0.25, 0.3) is 0 Å². The molecule has 9 heteroatoms. The van der Waals surface area contributed by atoms with E-state index < -0.39 is 12.7 Å². The van der Waals surface area contributed by atoms with Gasteiger partial charge in [-0.25, -0.2) is 4.68 Å². The monoisotopic (exact) mass is 341 g/mol. The number of morpholine rings is 1. The molecule has 0 radical (unpaired) electrons. The summed E-state index contributed by atoms with van der Waals surface area (Å²) in [5.74, 6) is 0.197. The van der Waals surface area contributed by atoms with Crippen LogP contribution in [0, 0.1) is 0 Å². The molecule has 130 valence electrons. The number of aromatic nitrogens is 4. The smallest absolute Gasteiger partial charge is 0.375 e. The lowest BCUT2D eigenvalue weighted by Gasteiger charge is -2.38. The molecule has 0 saturated carbocycles. The van der Waals surface area contributed by atoms with Crippen LogP contribution in [-0.4, -0.2) is 50.5 Å². The minimum Gasteiger partial charge on any atom is -0.375 e. The summed E-state index contributed by atoms with van der Waals surface area (Å²) in [5.41, 5.74) is 1.05. The maximum atomic E-state index is 12.6. The Kier molecular flexibility index (Phi) is 4.81. The van der Waals surface area contributed by atoms with Gasteiger partial charge in [0.1, 0.15) is 6.54 Å². The van der Waals surface area contributed by atoms with Gasteiger partial charge in [0.05, 0.1) is 25.3 Å². The van der Waals surface area contributed by atoms with Crippen LogP contribution >= 0.6 is 0 Å². The van der Waals surface area contributed by atoms with Gasteiger partial charge < -0.3 is 4.74 Å².